The van der Waals surface area contributed by atoms with E-state index in [4.69, 9.17) is 5.73 Å². The standard InChI is InChI=1S/C12H18FN3O/c1-8(2)15-5-6-16-11-4-3-9(12(14)17)7-10(11)13/h3-4,7-8,15-16H,5-6H2,1-2H3,(H2,14,17). The number of anilines is 1. The van der Waals surface area contributed by atoms with Crippen LogP contribution in [0.5, 0.6) is 0 Å². The summed E-state index contributed by atoms with van der Waals surface area (Å²) in [5.74, 6) is -1.09. The molecule has 5 heteroatoms. The van der Waals surface area contributed by atoms with E-state index in [1.165, 1.54) is 12.1 Å². The Hall–Kier alpha value is -1.62. The van der Waals surface area contributed by atoms with Gasteiger partial charge in [-0.2, -0.15) is 0 Å². The minimum atomic E-state index is -0.628. The van der Waals surface area contributed by atoms with Crippen molar-refractivity contribution in [2.24, 2.45) is 5.73 Å². The Morgan fingerprint density at radius 1 is 1.41 bits per heavy atom. The number of primary amides is 1. The highest BCUT2D eigenvalue weighted by Gasteiger charge is 2.06. The molecule has 0 aromatic heterocycles. The molecule has 0 atom stereocenters. The van der Waals surface area contributed by atoms with E-state index < -0.39 is 11.7 Å². The van der Waals surface area contributed by atoms with Crippen LogP contribution >= 0.6 is 0 Å². The molecule has 1 aromatic rings. The van der Waals surface area contributed by atoms with Crippen molar-refractivity contribution in [3.63, 3.8) is 0 Å². The van der Waals surface area contributed by atoms with Crippen molar-refractivity contribution in [3.05, 3.63) is 29.6 Å². The summed E-state index contributed by atoms with van der Waals surface area (Å²) in [6.07, 6.45) is 0. The number of rotatable bonds is 6. The number of amides is 1. The van der Waals surface area contributed by atoms with E-state index in [9.17, 15) is 9.18 Å². The maximum absolute atomic E-state index is 13.5. The SMILES string of the molecule is CC(C)NCCNc1ccc(C(N)=O)cc1F. The Morgan fingerprint density at radius 3 is 2.65 bits per heavy atom. The van der Waals surface area contributed by atoms with Crippen molar-refractivity contribution in [2.75, 3.05) is 18.4 Å². The highest BCUT2D eigenvalue weighted by molar-refractivity contribution is 5.93. The van der Waals surface area contributed by atoms with Crippen LogP contribution in [-0.2, 0) is 0 Å². The first-order valence-corrected chi connectivity index (χ1v) is 5.57. The predicted molar refractivity (Wildman–Crippen MR) is 66.5 cm³/mol. The normalized spacial score (nSPS) is 10.6. The van der Waals surface area contributed by atoms with Crippen molar-refractivity contribution in [1.29, 1.82) is 0 Å². The van der Waals surface area contributed by atoms with Crippen LogP contribution in [-0.4, -0.2) is 25.0 Å². The van der Waals surface area contributed by atoms with Crippen LogP contribution in [0.25, 0.3) is 0 Å². The molecule has 1 aromatic carbocycles. The molecular weight excluding hydrogens is 221 g/mol. The van der Waals surface area contributed by atoms with Crippen molar-refractivity contribution >= 4 is 11.6 Å². The molecule has 0 fully saturated rings. The third-order valence-corrected chi connectivity index (χ3v) is 2.25. The fraction of sp³-hybridized carbons (Fsp3) is 0.417. The maximum atomic E-state index is 13.5. The molecule has 0 saturated heterocycles. The molecule has 0 saturated carbocycles. The van der Waals surface area contributed by atoms with Crippen LogP contribution in [0.15, 0.2) is 18.2 Å². The summed E-state index contributed by atoms with van der Waals surface area (Å²) in [6, 6.07) is 4.56. The van der Waals surface area contributed by atoms with Gasteiger partial charge in [0.05, 0.1) is 5.69 Å². The van der Waals surface area contributed by atoms with Gasteiger partial charge in [-0.05, 0) is 18.2 Å². The fourth-order valence-electron chi connectivity index (χ4n) is 1.37. The third-order valence-electron chi connectivity index (χ3n) is 2.25. The lowest BCUT2D eigenvalue weighted by Gasteiger charge is -2.11. The first-order valence-electron chi connectivity index (χ1n) is 5.57. The molecule has 4 N–H and O–H groups in total. The summed E-state index contributed by atoms with van der Waals surface area (Å²) < 4.78 is 13.5. The zero-order chi connectivity index (χ0) is 12.8. The molecule has 4 nitrogen and oxygen atoms in total. The van der Waals surface area contributed by atoms with Crippen molar-refractivity contribution in [2.45, 2.75) is 19.9 Å². The maximum Gasteiger partial charge on any atom is 0.248 e. The molecule has 0 heterocycles. The number of carbonyl (C=O) groups is 1. The summed E-state index contributed by atoms with van der Waals surface area (Å²) in [5.41, 5.74) is 5.60. The second-order valence-electron chi connectivity index (χ2n) is 4.09. The highest BCUT2D eigenvalue weighted by atomic mass is 19.1. The molecule has 0 aliphatic carbocycles. The van der Waals surface area contributed by atoms with Crippen molar-refractivity contribution < 1.29 is 9.18 Å². The topological polar surface area (TPSA) is 67.2 Å². The van der Waals surface area contributed by atoms with Gasteiger partial charge in [0.15, 0.2) is 0 Å². The predicted octanol–water partition coefficient (Wildman–Crippen LogP) is 1.33. The van der Waals surface area contributed by atoms with E-state index in [1.54, 1.807) is 0 Å². The molecule has 1 amide bonds. The van der Waals surface area contributed by atoms with E-state index in [-0.39, 0.29) is 5.56 Å². The monoisotopic (exact) mass is 239 g/mol. The Bertz CT molecular complexity index is 393. The van der Waals surface area contributed by atoms with Gasteiger partial charge in [0.25, 0.3) is 0 Å². The van der Waals surface area contributed by atoms with Gasteiger partial charge in [0.1, 0.15) is 5.82 Å². The summed E-state index contributed by atoms with van der Waals surface area (Å²) in [7, 11) is 0. The van der Waals surface area contributed by atoms with E-state index in [2.05, 4.69) is 10.6 Å². The molecule has 17 heavy (non-hydrogen) atoms. The van der Waals surface area contributed by atoms with Gasteiger partial charge in [-0.3, -0.25) is 4.79 Å². The van der Waals surface area contributed by atoms with Crippen molar-refractivity contribution in [1.82, 2.24) is 5.32 Å². The number of carbonyl (C=O) groups excluding carboxylic acids is 1. The van der Waals surface area contributed by atoms with Crippen LogP contribution in [0, 0.1) is 5.82 Å². The van der Waals surface area contributed by atoms with Gasteiger partial charge in [0, 0.05) is 24.7 Å². The number of nitrogens with two attached hydrogens (primary N) is 1. The molecule has 0 spiro atoms. The zero-order valence-corrected chi connectivity index (χ0v) is 10.1. The van der Waals surface area contributed by atoms with Gasteiger partial charge in [-0.1, -0.05) is 13.8 Å². The molecule has 0 aliphatic rings. The molecule has 0 radical (unpaired) electrons. The van der Waals surface area contributed by atoms with Gasteiger partial charge in [-0.15, -0.1) is 0 Å². The number of benzene rings is 1. The number of halogens is 1. The fourth-order valence-corrected chi connectivity index (χ4v) is 1.37. The van der Waals surface area contributed by atoms with Crippen LogP contribution in [0.4, 0.5) is 10.1 Å². The summed E-state index contributed by atoms with van der Waals surface area (Å²) in [4.78, 5) is 10.8. The van der Waals surface area contributed by atoms with Crippen LogP contribution < -0.4 is 16.4 Å². The Labute approximate surface area is 100 Å². The molecule has 0 unspecified atom stereocenters. The van der Waals surface area contributed by atoms with Gasteiger partial charge >= 0.3 is 0 Å². The summed E-state index contributed by atoms with van der Waals surface area (Å²) in [6.45, 7) is 5.45. The number of hydrogen-bond donors (Lipinski definition) is 3. The van der Waals surface area contributed by atoms with Gasteiger partial charge < -0.3 is 16.4 Å². The molecule has 1 rings (SSSR count). The zero-order valence-electron chi connectivity index (χ0n) is 10.1. The summed E-state index contributed by atoms with van der Waals surface area (Å²) >= 11 is 0. The van der Waals surface area contributed by atoms with E-state index in [0.717, 1.165) is 12.6 Å². The molecule has 0 aliphatic heterocycles. The average Bonchev–Trinajstić information content (AvgIpc) is 2.25. The minimum absolute atomic E-state index is 0.174. The van der Waals surface area contributed by atoms with E-state index in [1.807, 2.05) is 13.8 Å². The molecule has 0 bridgehead atoms. The Balaban J connectivity index is 2.52. The molecule has 94 valence electrons. The lowest BCUT2D eigenvalue weighted by Crippen LogP contribution is -2.28. The van der Waals surface area contributed by atoms with Crippen LogP contribution in [0.1, 0.15) is 24.2 Å². The van der Waals surface area contributed by atoms with Crippen molar-refractivity contribution in [3.8, 4) is 0 Å². The Kier molecular flexibility index (Phi) is 4.90. The minimum Gasteiger partial charge on any atom is -0.381 e. The second kappa shape index (κ2) is 6.20. The summed E-state index contributed by atoms with van der Waals surface area (Å²) in [5, 5.41) is 6.15. The Morgan fingerprint density at radius 2 is 2.12 bits per heavy atom. The first kappa shape index (κ1) is 13.4. The van der Waals surface area contributed by atoms with Gasteiger partial charge in [0.2, 0.25) is 5.91 Å². The van der Waals surface area contributed by atoms with E-state index >= 15 is 0 Å². The molecular formula is C12H18FN3O. The second-order valence-corrected chi connectivity index (χ2v) is 4.09. The van der Waals surface area contributed by atoms with E-state index in [0.29, 0.717) is 18.3 Å². The number of nitrogens with one attached hydrogen (secondary N) is 2. The highest BCUT2D eigenvalue weighted by Crippen LogP contribution is 2.14. The van der Waals surface area contributed by atoms with Crippen LogP contribution in [0.3, 0.4) is 0 Å². The van der Waals surface area contributed by atoms with Gasteiger partial charge in [-0.25, -0.2) is 4.39 Å². The average molecular weight is 239 g/mol. The number of hydrogen-bond acceptors (Lipinski definition) is 3. The largest absolute Gasteiger partial charge is 0.381 e. The lowest BCUT2D eigenvalue weighted by atomic mass is 10.2. The first-order chi connectivity index (χ1) is 8.00. The quantitative estimate of drug-likeness (QED) is 0.656. The lowest BCUT2D eigenvalue weighted by molar-refractivity contribution is 0.1000. The smallest absolute Gasteiger partial charge is 0.248 e. The van der Waals surface area contributed by atoms with Crippen LogP contribution in [0.2, 0.25) is 0 Å². The third kappa shape index (κ3) is 4.40.